The second kappa shape index (κ2) is 11.7. The molecule has 1 aliphatic carbocycles. The van der Waals surface area contributed by atoms with Gasteiger partial charge in [0.1, 0.15) is 12.0 Å². The molecule has 1 aliphatic rings. The fourth-order valence-corrected chi connectivity index (χ4v) is 2.58. The summed E-state index contributed by atoms with van der Waals surface area (Å²) in [5, 5.41) is 9.45. The Bertz CT molecular complexity index is 759. The van der Waals surface area contributed by atoms with Gasteiger partial charge in [-0.2, -0.15) is 0 Å². The van der Waals surface area contributed by atoms with E-state index in [1.54, 1.807) is 6.26 Å². The minimum absolute atomic E-state index is 0. The number of benzene rings is 1. The van der Waals surface area contributed by atoms with Crippen molar-refractivity contribution in [1.29, 1.82) is 0 Å². The Hall–Kier alpha value is -2.10. The number of guanidine groups is 1. The molecule has 3 rings (SSSR count). The van der Waals surface area contributed by atoms with Crippen LogP contribution < -0.4 is 16.0 Å². The molecule has 8 heteroatoms. The van der Waals surface area contributed by atoms with Gasteiger partial charge in [-0.15, -0.1) is 24.0 Å². The number of amides is 1. The number of halogens is 1. The molecule has 1 saturated carbocycles. The van der Waals surface area contributed by atoms with Gasteiger partial charge >= 0.3 is 0 Å². The quantitative estimate of drug-likeness (QED) is 0.215. The maximum Gasteiger partial charge on any atom is 0.226 e. The first kappa shape index (κ1) is 22.2. The third-order valence-corrected chi connectivity index (χ3v) is 4.13. The number of rotatable bonds is 9. The van der Waals surface area contributed by atoms with Gasteiger partial charge in [0.15, 0.2) is 5.96 Å². The standard InChI is InChI=1S/C20H27N5O2.HI/c1-2-21-20(22-12-6-9-18(26)24-16-10-11-16)23-13-17-14-27-19(25-17)15-7-4-3-5-8-15;/h3-5,7-8,14,16H,2,6,9-13H2,1H3,(H,24,26)(H2,21,22,23);1H. The number of hydrogen-bond acceptors (Lipinski definition) is 4. The van der Waals surface area contributed by atoms with Gasteiger partial charge in [-0.3, -0.25) is 4.79 Å². The Kier molecular flexibility index (Phi) is 9.26. The topological polar surface area (TPSA) is 91.6 Å². The van der Waals surface area contributed by atoms with Gasteiger partial charge in [-0.05, 0) is 38.3 Å². The van der Waals surface area contributed by atoms with Gasteiger partial charge in [-0.1, -0.05) is 18.2 Å². The molecule has 7 nitrogen and oxygen atoms in total. The number of carbonyl (C=O) groups is 1. The van der Waals surface area contributed by atoms with E-state index in [-0.39, 0.29) is 29.9 Å². The van der Waals surface area contributed by atoms with Gasteiger partial charge in [0.05, 0.1) is 6.54 Å². The fraction of sp³-hybridized carbons (Fsp3) is 0.450. The highest BCUT2D eigenvalue weighted by molar-refractivity contribution is 14.0. The molecule has 0 radical (unpaired) electrons. The summed E-state index contributed by atoms with van der Waals surface area (Å²) in [6.45, 7) is 3.90. The summed E-state index contributed by atoms with van der Waals surface area (Å²) in [5.74, 6) is 1.45. The maximum atomic E-state index is 11.7. The van der Waals surface area contributed by atoms with E-state index in [2.05, 4.69) is 25.9 Å². The molecule has 0 spiro atoms. The molecule has 0 bridgehead atoms. The summed E-state index contributed by atoms with van der Waals surface area (Å²) >= 11 is 0. The van der Waals surface area contributed by atoms with Crippen molar-refractivity contribution in [3.05, 3.63) is 42.3 Å². The summed E-state index contributed by atoms with van der Waals surface area (Å²) in [4.78, 5) is 20.7. The van der Waals surface area contributed by atoms with E-state index in [4.69, 9.17) is 4.42 Å². The first-order valence-electron chi connectivity index (χ1n) is 9.56. The van der Waals surface area contributed by atoms with Crippen molar-refractivity contribution >= 4 is 35.8 Å². The first-order valence-corrected chi connectivity index (χ1v) is 9.56. The summed E-state index contributed by atoms with van der Waals surface area (Å²) < 4.78 is 5.54. The lowest BCUT2D eigenvalue weighted by Crippen LogP contribution is -2.38. The zero-order chi connectivity index (χ0) is 18.9. The van der Waals surface area contributed by atoms with E-state index >= 15 is 0 Å². The smallest absolute Gasteiger partial charge is 0.226 e. The van der Waals surface area contributed by atoms with Crippen LogP contribution in [0.15, 0.2) is 46.0 Å². The molecule has 0 saturated heterocycles. The van der Waals surface area contributed by atoms with Crippen molar-refractivity contribution in [2.45, 2.75) is 45.2 Å². The number of nitrogens with zero attached hydrogens (tertiary/aromatic N) is 2. The monoisotopic (exact) mass is 497 g/mol. The fourth-order valence-electron chi connectivity index (χ4n) is 2.58. The van der Waals surface area contributed by atoms with Gasteiger partial charge in [0, 0.05) is 31.1 Å². The number of hydrogen-bond donors (Lipinski definition) is 3. The summed E-state index contributed by atoms with van der Waals surface area (Å²) in [6, 6.07) is 10.2. The molecular weight excluding hydrogens is 469 g/mol. The molecular formula is C20H28IN5O2. The van der Waals surface area contributed by atoms with Crippen LogP contribution in [0.3, 0.4) is 0 Å². The Labute approximate surface area is 182 Å². The maximum absolute atomic E-state index is 11.7. The van der Waals surface area contributed by atoms with E-state index < -0.39 is 0 Å². The van der Waals surface area contributed by atoms with E-state index in [1.807, 2.05) is 37.3 Å². The zero-order valence-electron chi connectivity index (χ0n) is 16.1. The third kappa shape index (κ3) is 7.49. The van der Waals surface area contributed by atoms with Gasteiger partial charge in [0.2, 0.25) is 11.8 Å². The van der Waals surface area contributed by atoms with Crippen molar-refractivity contribution in [2.75, 3.05) is 13.1 Å². The van der Waals surface area contributed by atoms with Crippen molar-refractivity contribution in [1.82, 2.24) is 20.9 Å². The summed E-state index contributed by atoms with van der Waals surface area (Å²) in [6.07, 6.45) is 5.18. The molecule has 1 aromatic heterocycles. The Morgan fingerprint density at radius 3 is 2.75 bits per heavy atom. The summed E-state index contributed by atoms with van der Waals surface area (Å²) in [5.41, 5.74) is 1.72. The molecule has 28 heavy (non-hydrogen) atoms. The molecule has 152 valence electrons. The summed E-state index contributed by atoms with van der Waals surface area (Å²) in [7, 11) is 0. The number of oxazole rings is 1. The van der Waals surface area contributed by atoms with E-state index in [9.17, 15) is 4.79 Å². The van der Waals surface area contributed by atoms with Crippen molar-refractivity contribution in [3.8, 4) is 11.5 Å². The lowest BCUT2D eigenvalue weighted by atomic mass is 10.2. The predicted octanol–water partition coefficient (Wildman–Crippen LogP) is 3.07. The van der Waals surface area contributed by atoms with Crippen LogP contribution in [0.5, 0.6) is 0 Å². The molecule has 0 aliphatic heterocycles. The van der Waals surface area contributed by atoms with E-state index in [1.165, 1.54) is 0 Å². The molecule has 2 aromatic rings. The molecule has 0 unspecified atom stereocenters. The SMILES string of the molecule is CCNC(=NCc1coc(-c2ccccc2)n1)NCCCC(=O)NC1CC1.I. The van der Waals surface area contributed by atoms with E-state index in [0.717, 1.165) is 37.1 Å². The average molecular weight is 497 g/mol. The van der Waals surface area contributed by atoms with Crippen LogP contribution in [-0.4, -0.2) is 36.0 Å². The highest BCUT2D eigenvalue weighted by Crippen LogP contribution is 2.19. The number of aromatic nitrogens is 1. The number of carbonyl (C=O) groups excluding carboxylic acids is 1. The highest BCUT2D eigenvalue weighted by Gasteiger charge is 2.22. The predicted molar refractivity (Wildman–Crippen MR) is 121 cm³/mol. The first-order chi connectivity index (χ1) is 13.2. The van der Waals surface area contributed by atoms with Crippen LogP contribution in [0.25, 0.3) is 11.5 Å². The average Bonchev–Trinajstić information content (AvgIpc) is 3.37. The molecule has 1 amide bonds. The van der Waals surface area contributed by atoms with Crippen molar-refractivity contribution < 1.29 is 9.21 Å². The molecule has 3 N–H and O–H groups in total. The zero-order valence-corrected chi connectivity index (χ0v) is 18.4. The molecule has 1 aromatic carbocycles. The van der Waals surface area contributed by atoms with Crippen LogP contribution in [0.2, 0.25) is 0 Å². The van der Waals surface area contributed by atoms with Gasteiger partial charge < -0.3 is 20.4 Å². The normalized spacial score (nSPS) is 13.5. The van der Waals surface area contributed by atoms with Crippen molar-refractivity contribution in [3.63, 3.8) is 0 Å². The molecule has 1 heterocycles. The van der Waals surface area contributed by atoms with E-state index in [0.29, 0.717) is 37.4 Å². The minimum Gasteiger partial charge on any atom is -0.444 e. The van der Waals surface area contributed by atoms with Gasteiger partial charge in [0.25, 0.3) is 0 Å². The van der Waals surface area contributed by atoms with Crippen LogP contribution in [-0.2, 0) is 11.3 Å². The van der Waals surface area contributed by atoms with Crippen LogP contribution >= 0.6 is 24.0 Å². The van der Waals surface area contributed by atoms with Crippen molar-refractivity contribution in [2.24, 2.45) is 4.99 Å². The third-order valence-electron chi connectivity index (χ3n) is 4.13. The van der Waals surface area contributed by atoms with Crippen LogP contribution in [0, 0.1) is 0 Å². The molecule has 1 fully saturated rings. The van der Waals surface area contributed by atoms with Crippen LogP contribution in [0.4, 0.5) is 0 Å². The second-order valence-corrected chi connectivity index (χ2v) is 6.58. The largest absolute Gasteiger partial charge is 0.444 e. The minimum atomic E-state index is 0. The lowest BCUT2D eigenvalue weighted by molar-refractivity contribution is -0.121. The second-order valence-electron chi connectivity index (χ2n) is 6.58. The number of nitrogens with one attached hydrogen (secondary N) is 3. The highest BCUT2D eigenvalue weighted by atomic mass is 127. The Balaban J connectivity index is 0.00000280. The van der Waals surface area contributed by atoms with Gasteiger partial charge in [-0.25, -0.2) is 9.98 Å². The van der Waals surface area contributed by atoms with Crippen LogP contribution in [0.1, 0.15) is 38.3 Å². The number of aliphatic imine (C=N–C) groups is 1. The Morgan fingerprint density at radius 1 is 1.25 bits per heavy atom. The Morgan fingerprint density at radius 2 is 2.04 bits per heavy atom. The molecule has 0 atom stereocenters. The lowest BCUT2D eigenvalue weighted by Gasteiger charge is -2.10.